The minimum Gasteiger partial charge on any atom is -0.481 e. The van der Waals surface area contributed by atoms with Gasteiger partial charge in [-0.15, -0.1) is 0 Å². The van der Waals surface area contributed by atoms with Crippen molar-refractivity contribution in [3.63, 3.8) is 0 Å². The van der Waals surface area contributed by atoms with E-state index in [-0.39, 0.29) is 0 Å². The van der Waals surface area contributed by atoms with Gasteiger partial charge in [-0.2, -0.15) is 0 Å². The van der Waals surface area contributed by atoms with Crippen LogP contribution in [0.4, 0.5) is 0 Å². The highest BCUT2D eigenvalue weighted by atomic mass is 16.5. The van der Waals surface area contributed by atoms with E-state index in [1.54, 1.807) is 13.2 Å². The van der Waals surface area contributed by atoms with Gasteiger partial charge in [0.05, 0.1) is 18.9 Å². The Hall–Kier alpha value is -1.94. The van der Waals surface area contributed by atoms with Crippen molar-refractivity contribution >= 4 is 0 Å². The van der Waals surface area contributed by atoms with Crippen LogP contribution in [0.25, 0.3) is 0 Å². The number of hydrogen-bond acceptors (Lipinski definition) is 4. The predicted octanol–water partition coefficient (Wildman–Crippen LogP) is 2.07. The highest BCUT2D eigenvalue weighted by molar-refractivity contribution is 5.28. The van der Waals surface area contributed by atoms with E-state index in [1.807, 2.05) is 31.2 Å². The first-order valence-electron chi connectivity index (χ1n) is 5.79. The summed E-state index contributed by atoms with van der Waals surface area (Å²) in [4.78, 5) is 8.07. The van der Waals surface area contributed by atoms with E-state index in [1.165, 1.54) is 6.33 Å². The lowest BCUT2D eigenvalue weighted by Gasteiger charge is -2.13. The number of aliphatic hydroxyl groups is 1. The maximum Gasteiger partial charge on any atom is 0.216 e. The van der Waals surface area contributed by atoms with Crippen molar-refractivity contribution in [2.75, 3.05) is 7.11 Å². The Morgan fingerprint density at radius 3 is 2.78 bits per heavy atom. The molecule has 4 heteroatoms. The largest absolute Gasteiger partial charge is 0.481 e. The van der Waals surface area contributed by atoms with Crippen LogP contribution >= 0.6 is 0 Å². The molecule has 1 aromatic heterocycles. The standard InChI is InChI=1S/C14H16N2O2/c1-10-5-3-4-6-12(10)13(17)7-11-8-14(18-2)16-9-15-11/h3-6,8-9,13,17H,7H2,1-2H3. The van der Waals surface area contributed by atoms with E-state index in [2.05, 4.69) is 9.97 Å². The summed E-state index contributed by atoms with van der Waals surface area (Å²) in [6.45, 7) is 1.99. The number of benzene rings is 1. The second kappa shape index (κ2) is 5.60. The van der Waals surface area contributed by atoms with Gasteiger partial charge in [0.25, 0.3) is 0 Å². The van der Waals surface area contributed by atoms with Gasteiger partial charge in [-0.1, -0.05) is 24.3 Å². The maximum atomic E-state index is 10.2. The molecule has 0 amide bonds. The van der Waals surface area contributed by atoms with Crippen molar-refractivity contribution < 1.29 is 9.84 Å². The first-order valence-corrected chi connectivity index (χ1v) is 5.79. The Labute approximate surface area is 106 Å². The number of rotatable bonds is 4. The molecule has 1 aromatic carbocycles. The quantitative estimate of drug-likeness (QED) is 0.894. The van der Waals surface area contributed by atoms with Crippen molar-refractivity contribution in [1.82, 2.24) is 9.97 Å². The molecule has 0 saturated carbocycles. The first kappa shape index (κ1) is 12.5. The van der Waals surface area contributed by atoms with Crippen LogP contribution in [0.5, 0.6) is 5.88 Å². The summed E-state index contributed by atoms with van der Waals surface area (Å²) in [6, 6.07) is 9.53. The lowest BCUT2D eigenvalue weighted by atomic mass is 10.00. The zero-order chi connectivity index (χ0) is 13.0. The Balaban J connectivity index is 2.16. The number of ether oxygens (including phenoxy) is 1. The van der Waals surface area contributed by atoms with Crippen molar-refractivity contribution in [3.8, 4) is 5.88 Å². The van der Waals surface area contributed by atoms with Gasteiger partial charge in [-0.3, -0.25) is 0 Å². The average molecular weight is 244 g/mol. The topological polar surface area (TPSA) is 55.2 Å². The molecule has 0 fully saturated rings. The Kier molecular flexibility index (Phi) is 3.89. The maximum absolute atomic E-state index is 10.2. The lowest BCUT2D eigenvalue weighted by molar-refractivity contribution is 0.176. The molecule has 0 spiro atoms. The number of hydrogen-bond donors (Lipinski definition) is 1. The normalized spacial score (nSPS) is 12.2. The third kappa shape index (κ3) is 2.84. The molecule has 2 aromatic rings. The van der Waals surface area contributed by atoms with Gasteiger partial charge in [-0.05, 0) is 18.1 Å². The van der Waals surface area contributed by atoms with Gasteiger partial charge in [0.1, 0.15) is 6.33 Å². The van der Waals surface area contributed by atoms with Gasteiger partial charge < -0.3 is 9.84 Å². The lowest BCUT2D eigenvalue weighted by Crippen LogP contribution is -2.05. The third-order valence-electron chi connectivity index (χ3n) is 2.86. The molecule has 94 valence electrons. The third-order valence-corrected chi connectivity index (χ3v) is 2.86. The molecule has 1 heterocycles. The van der Waals surface area contributed by atoms with Crippen LogP contribution in [0.15, 0.2) is 36.7 Å². The molecular formula is C14H16N2O2. The number of aliphatic hydroxyl groups excluding tert-OH is 1. The summed E-state index contributed by atoms with van der Waals surface area (Å²) >= 11 is 0. The van der Waals surface area contributed by atoms with Crippen LogP contribution in [-0.4, -0.2) is 22.2 Å². The molecule has 0 aliphatic rings. The second-order valence-corrected chi connectivity index (χ2v) is 4.13. The molecule has 0 aliphatic carbocycles. The van der Waals surface area contributed by atoms with Crippen LogP contribution < -0.4 is 4.74 Å². The van der Waals surface area contributed by atoms with E-state index >= 15 is 0 Å². The van der Waals surface area contributed by atoms with Crippen LogP contribution in [-0.2, 0) is 6.42 Å². The zero-order valence-corrected chi connectivity index (χ0v) is 10.5. The van der Waals surface area contributed by atoms with E-state index < -0.39 is 6.10 Å². The number of nitrogens with zero attached hydrogens (tertiary/aromatic N) is 2. The summed E-state index contributed by atoms with van der Waals surface area (Å²) in [5.41, 5.74) is 2.76. The summed E-state index contributed by atoms with van der Waals surface area (Å²) in [6.07, 6.45) is 1.33. The number of methoxy groups -OCH3 is 1. The fraction of sp³-hybridized carbons (Fsp3) is 0.286. The molecular weight excluding hydrogens is 228 g/mol. The molecule has 1 unspecified atom stereocenters. The number of aryl methyl sites for hydroxylation is 1. The highest BCUT2D eigenvalue weighted by Crippen LogP contribution is 2.21. The van der Waals surface area contributed by atoms with Gasteiger partial charge in [-0.25, -0.2) is 9.97 Å². The molecule has 2 rings (SSSR count). The minimum absolute atomic E-state index is 0.448. The van der Waals surface area contributed by atoms with E-state index in [4.69, 9.17) is 4.74 Å². The molecule has 0 radical (unpaired) electrons. The van der Waals surface area contributed by atoms with Gasteiger partial charge in [0.2, 0.25) is 5.88 Å². The molecule has 18 heavy (non-hydrogen) atoms. The van der Waals surface area contributed by atoms with Crippen LogP contribution in [0.2, 0.25) is 0 Å². The monoisotopic (exact) mass is 244 g/mol. The van der Waals surface area contributed by atoms with Gasteiger partial charge >= 0.3 is 0 Å². The fourth-order valence-corrected chi connectivity index (χ4v) is 1.87. The Morgan fingerprint density at radius 1 is 1.28 bits per heavy atom. The van der Waals surface area contributed by atoms with Crippen LogP contribution in [0, 0.1) is 6.92 Å². The average Bonchev–Trinajstić information content (AvgIpc) is 2.39. The summed E-state index contributed by atoms with van der Waals surface area (Å²) < 4.78 is 5.03. The summed E-state index contributed by atoms with van der Waals surface area (Å²) in [7, 11) is 1.56. The zero-order valence-electron chi connectivity index (χ0n) is 10.5. The number of aromatic nitrogens is 2. The minimum atomic E-state index is -0.564. The van der Waals surface area contributed by atoms with E-state index in [0.29, 0.717) is 12.3 Å². The summed E-state index contributed by atoms with van der Waals surface area (Å²) in [5, 5.41) is 10.2. The molecule has 1 N–H and O–H groups in total. The smallest absolute Gasteiger partial charge is 0.216 e. The molecule has 0 saturated heterocycles. The Bertz CT molecular complexity index is 529. The molecule has 0 aliphatic heterocycles. The van der Waals surface area contributed by atoms with Crippen molar-refractivity contribution in [2.45, 2.75) is 19.4 Å². The van der Waals surface area contributed by atoms with Crippen molar-refractivity contribution in [3.05, 3.63) is 53.5 Å². The van der Waals surface area contributed by atoms with Crippen LogP contribution in [0.1, 0.15) is 22.9 Å². The predicted molar refractivity (Wildman–Crippen MR) is 68.4 cm³/mol. The van der Waals surface area contributed by atoms with E-state index in [9.17, 15) is 5.11 Å². The van der Waals surface area contributed by atoms with Crippen LogP contribution in [0.3, 0.4) is 0 Å². The summed E-state index contributed by atoms with van der Waals surface area (Å²) in [5.74, 6) is 0.511. The molecule has 4 nitrogen and oxygen atoms in total. The highest BCUT2D eigenvalue weighted by Gasteiger charge is 2.12. The van der Waals surface area contributed by atoms with E-state index in [0.717, 1.165) is 16.8 Å². The SMILES string of the molecule is COc1cc(CC(O)c2ccccc2C)ncn1. The van der Waals surface area contributed by atoms with Gasteiger partial charge in [0, 0.05) is 12.5 Å². The van der Waals surface area contributed by atoms with Gasteiger partial charge in [0.15, 0.2) is 0 Å². The van der Waals surface area contributed by atoms with Crippen molar-refractivity contribution in [1.29, 1.82) is 0 Å². The second-order valence-electron chi connectivity index (χ2n) is 4.13. The van der Waals surface area contributed by atoms with Crippen molar-refractivity contribution in [2.24, 2.45) is 0 Å². The molecule has 1 atom stereocenters. The Morgan fingerprint density at radius 2 is 2.06 bits per heavy atom. The first-order chi connectivity index (χ1) is 8.70. The fourth-order valence-electron chi connectivity index (χ4n) is 1.87. The molecule has 0 bridgehead atoms.